The van der Waals surface area contributed by atoms with Crippen molar-refractivity contribution in [3.8, 4) is 11.8 Å². The molecule has 0 saturated heterocycles. The van der Waals surface area contributed by atoms with Crippen LogP contribution in [0.1, 0.15) is 22.3 Å². The summed E-state index contributed by atoms with van der Waals surface area (Å²) in [6.45, 7) is -0.835. The molecule has 10 nitrogen and oxygen atoms in total. The topological polar surface area (TPSA) is 127 Å². The van der Waals surface area contributed by atoms with Gasteiger partial charge in [0.05, 0.1) is 23.3 Å². The van der Waals surface area contributed by atoms with Crippen LogP contribution in [0, 0.1) is 0 Å². The molecule has 3 aromatic rings. The van der Waals surface area contributed by atoms with Gasteiger partial charge in [0.2, 0.25) is 11.9 Å². The smallest absolute Gasteiger partial charge is 0.422 e. The third-order valence-corrected chi connectivity index (χ3v) is 5.80. The average Bonchev–Trinajstić information content (AvgIpc) is 2.93. The summed E-state index contributed by atoms with van der Waals surface area (Å²) in [7, 11) is 0.565. The standard InChI is InChI=1S/C25H27F3N6O4S/c1-29-39(36)14-4-2-3-13-37-21-11-7-18(8-12-21)15-30-22-32-23(31-20-9-5-19(16-35)6-10-20)34-24(33-22)38-17-25(26,27)28/h2,4-12,16,29H,3,13-15,17H2,1H3,(H2,30,31,32,33,34)/b4-2+. The normalized spacial score (nSPS) is 12.2. The van der Waals surface area contributed by atoms with Crippen molar-refractivity contribution in [2.45, 2.75) is 19.1 Å². The maximum atomic E-state index is 12.7. The summed E-state index contributed by atoms with van der Waals surface area (Å²) < 4.78 is 62.3. The van der Waals surface area contributed by atoms with Crippen LogP contribution in [0.2, 0.25) is 0 Å². The second kappa shape index (κ2) is 14.8. The van der Waals surface area contributed by atoms with Crippen molar-refractivity contribution in [2.75, 3.05) is 36.6 Å². The van der Waals surface area contributed by atoms with Gasteiger partial charge in [-0.3, -0.25) is 4.79 Å². The minimum absolute atomic E-state index is 0.000466. The van der Waals surface area contributed by atoms with E-state index in [0.29, 0.717) is 42.1 Å². The van der Waals surface area contributed by atoms with Crippen molar-refractivity contribution < 1.29 is 31.6 Å². The molecule has 1 heterocycles. The number of aromatic nitrogens is 3. The van der Waals surface area contributed by atoms with E-state index >= 15 is 0 Å². The first-order chi connectivity index (χ1) is 18.7. The van der Waals surface area contributed by atoms with Crippen molar-refractivity contribution in [1.82, 2.24) is 19.7 Å². The molecule has 1 aromatic heterocycles. The molecule has 0 saturated carbocycles. The van der Waals surface area contributed by atoms with Crippen LogP contribution in [0.5, 0.6) is 11.8 Å². The van der Waals surface area contributed by atoms with E-state index in [1.807, 2.05) is 24.3 Å². The van der Waals surface area contributed by atoms with Gasteiger partial charge >= 0.3 is 12.2 Å². The van der Waals surface area contributed by atoms with Gasteiger partial charge in [-0.15, -0.1) is 0 Å². The molecule has 39 heavy (non-hydrogen) atoms. The lowest BCUT2D eigenvalue weighted by Gasteiger charge is -2.12. The molecule has 0 aliphatic rings. The lowest BCUT2D eigenvalue weighted by Crippen LogP contribution is -2.21. The predicted molar refractivity (Wildman–Crippen MR) is 142 cm³/mol. The van der Waals surface area contributed by atoms with Crippen LogP contribution < -0.4 is 24.8 Å². The summed E-state index contributed by atoms with van der Waals surface area (Å²) >= 11 is 0. The van der Waals surface area contributed by atoms with Crippen molar-refractivity contribution >= 4 is 34.9 Å². The zero-order chi connectivity index (χ0) is 28.1. The van der Waals surface area contributed by atoms with E-state index in [-0.39, 0.29) is 18.4 Å². The maximum Gasteiger partial charge on any atom is 0.422 e. The van der Waals surface area contributed by atoms with E-state index in [2.05, 4.69) is 30.3 Å². The monoisotopic (exact) mass is 564 g/mol. The lowest BCUT2D eigenvalue weighted by molar-refractivity contribution is -0.154. The van der Waals surface area contributed by atoms with E-state index in [1.54, 1.807) is 43.4 Å². The summed E-state index contributed by atoms with van der Waals surface area (Å²) in [5, 5.41) is 5.81. The number of rotatable bonds is 15. The highest BCUT2D eigenvalue weighted by atomic mass is 32.2. The summed E-state index contributed by atoms with van der Waals surface area (Å²) in [4.78, 5) is 22.9. The van der Waals surface area contributed by atoms with E-state index in [9.17, 15) is 22.2 Å². The van der Waals surface area contributed by atoms with Crippen molar-refractivity contribution in [1.29, 1.82) is 0 Å². The lowest BCUT2D eigenvalue weighted by atomic mass is 10.2. The number of nitrogens with zero attached hydrogens (tertiary/aromatic N) is 3. The van der Waals surface area contributed by atoms with Gasteiger partial charge < -0.3 is 20.1 Å². The molecule has 0 amide bonds. The summed E-state index contributed by atoms with van der Waals surface area (Å²) in [5.41, 5.74) is 1.81. The first kappa shape index (κ1) is 29.5. The minimum atomic E-state index is -4.56. The average molecular weight is 565 g/mol. The Hall–Kier alpha value is -4.04. The maximum absolute atomic E-state index is 12.7. The highest BCUT2D eigenvalue weighted by Crippen LogP contribution is 2.21. The second-order valence-electron chi connectivity index (χ2n) is 7.86. The second-order valence-corrected chi connectivity index (χ2v) is 9.29. The van der Waals surface area contributed by atoms with Gasteiger partial charge in [-0.2, -0.15) is 28.1 Å². The number of benzene rings is 2. The highest BCUT2D eigenvalue weighted by molar-refractivity contribution is 7.83. The van der Waals surface area contributed by atoms with Crippen molar-refractivity contribution in [3.05, 3.63) is 71.8 Å². The van der Waals surface area contributed by atoms with Crippen molar-refractivity contribution in [2.24, 2.45) is 0 Å². The molecule has 0 aliphatic carbocycles. The Kier molecular flexibility index (Phi) is 11.2. The fourth-order valence-corrected chi connectivity index (χ4v) is 3.44. The van der Waals surface area contributed by atoms with Gasteiger partial charge in [-0.25, -0.2) is 8.93 Å². The molecule has 2 aromatic carbocycles. The Morgan fingerprint density at radius 2 is 1.67 bits per heavy atom. The van der Waals surface area contributed by atoms with Crippen LogP contribution >= 0.6 is 0 Å². The molecule has 0 aliphatic heterocycles. The number of halogens is 3. The number of carbonyl (C=O) groups is 1. The zero-order valence-electron chi connectivity index (χ0n) is 20.9. The Morgan fingerprint density at radius 3 is 2.33 bits per heavy atom. The van der Waals surface area contributed by atoms with E-state index in [0.717, 1.165) is 5.56 Å². The molecule has 0 fully saturated rings. The third kappa shape index (κ3) is 11.1. The first-order valence-corrected chi connectivity index (χ1v) is 13.0. The number of carbonyl (C=O) groups excluding carboxylic acids is 1. The van der Waals surface area contributed by atoms with Gasteiger partial charge in [0, 0.05) is 17.8 Å². The first-order valence-electron chi connectivity index (χ1n) is 11.7. The number of ether oxygens (including phenoxy) is 2. The van der Waals surface area contributed by atoms with Crippen LogP contribution in [-0.2, 0) is 17.5 Å². The van der Waals surface area contributed by atoms with E-state index in [4.69, 9.17) is 9.47 Å². The number of hydrogen-bond acceptors (Lipinski definition) is 9. The molecule has 0 spiro atoms. The molecule has 3 N–H and O–H groups in total. The van der Waals surface area contributed by atoms with Crippen molar-refractivity contribution in [3.63, 3.8) is 0 Å². The summed E-state index contributed by atoms with van der Waals surface area (Å²) in [6.07, 6.45) is 0.520. The molecule has 3 rings (SSSR count). The van der Waals surface area contributed by atoms with Crippen LogP contribution in [0.3, 0.4) is 0 Å². The fourth-order valence-electron chi connectivity index (χ4n) is 2.96. The number of anilines is 3. The molecule has 0 radical (unpaired) electrons. The number of nitrogens with one attached hydrogen (secondary N) is 3. The van der Waals surface area contributed by atoms with Gasteiger partial charge in [0.15, 0.2) is 6.61 Å². The molecular formula is C25H27F3N6O4S. The van der Waals surface area contributed by atoms with Crippen LogP contribution in [-0.4, -0.2) is 57.6 Å². The summed E-state index contributed by atoms with van der Waals surface area (Å²) in [5.74, 6) is 1.06. The quantitative estimate of drug-likeness (QED) is 0.141. The number of aldehydes is 1. The van der Waals surface area contributed by atoms with Crippen LogP contribution in [0.4, 0.5) is 30.8 Å². The fraction of sp³-hybridized carbons (Fsp3) is 0.280. The van der Waals surface area contributed by atoms with Gasteiger partial charge in [0.25, 0.3) is 0 Å². The summed E-state index contributed by atoms with van der Waals surface area (Å²) in [6, 6.07) is 13.0. The number of alkyl halides is 3. The van der Waals surface area contributed by atoms with Gasteiger partial charge in [-0.05, 0) is 55.4 Å². The highest BCUT2D eigenvalue weighted by Gasteiger charge is 2.29. The Labute approximate surface area is 225 Å². The zero-order valence-corrected chi connectivity index (χ0v) is 21.7. The molecule has 208 valence electrons. The minimum Gasteiger partial charge on any atom is -0.493 e. The van der Waals surface area contributed by atoms with E-state index < -0.39 is 29.8 Å². The van der Waals surface area contributed by atoms with Crippen LogP contribution in [0.25, 0.3) is 0 Å². The molecular weight excluding hydrogens is 537 g/mol. The third-order valence-electron chi connectivity index (χ3n) is 4.85. The Bertz CT molecular complexity index is 1260. The predicted octanol–water partition coefficient (Wildman–Crippen LogP) is 4.19. The SMILES string of the molecule is CNS(=O)C/C=C/CCOc1ccc(CNc2nc(Nc3ccc(C=O)cc3)nc(OCC(F)(F)F)n2)cc1. The van der Waals surface area contributed by atoms with E-state index in [1.165, 1.54) is 0 Å². The molecule has 1 atom stereocenters. The largest absolute Gasteiger partial charge is 0.493 e. The Balaban J connectivity index is 1.59. The van der Waals surface area contributed by atoms with Gasteiger partial charge in [-0.1, -0.05) is 24.3 Å². The number of hydrogen-bond donors (Lipinski definition) is 3. The molecule has 0 bridgehead atoms. The van der Waals surface area contributed by atoms with Crippen LogP contribution in [0.15, 0.2) is 60.7 Å². The molecule has 14 heteroatoms. The Morgan fingerprint density at radius 1 is 0.949 bits per heavy atom. The van der Waals surface area contributed by atoms with Gasteiger partial charge in [0.1, 0.15) is 12.0 Å². The molecule has 1 unspecified atom stereocenters.